The summed E-state index contributed by atoms with van der Waals surface area (Å²) in [6.07, 6.45) is 8.26. The minimum absolute atomic E-state index is 0.0942. The summed E-state index contributed by atoms with van der Waals surface area (Å²) < 4.78 is 10.6. The average Bonchev–Trinajstić information content (AvgIpc) is 2.92. The molecule has 0 radical (unpaired) electrons. The number of oxazole rings is 1. The monoisotopic (exact) mass is 280 g/mol. The summed E-state index contributed by atoms with van der Waals surface area (Å²) in [5, 5.41) is 0. The van der Waals surface area contributed by atoms with E-state index in [4.69, 9.17) is 9.15 Å². The smallest absolute Gasteiger partial charge is 0.223 e. The Balaban J connectivity index is 1.84. The van der Waals surface area contributed by atoms with Crippen molar-refractivity contribution in [1.29, 1.82) is 0 Å². The number of nitrogens with zero attached hydrogens (tertiary/aromatic N) is 2. The van der Waals surface area contributed by atoms with Crippen LogP contribution in [-0.4, -0.2) is 36.1 Å². The van der Waals surface area contributed by atoms with E-state index >= 15 is 0 Å². The first kappa shape index (κ1) is 15.0. The highest BCUT2D eigenvalue weighted by Gasteiger charge is 2.34. The molecule has 1 amide bonds. The molecule has 0 unspecified atom stereocenters. The van der Waals surface area contributed by atoms with E-state index in [1.54, 1.807) is 25.3 Å². The summed E-state index contributed by atoms with van der Waals surface area (Å²) in [4.78, 5) is 18.1. The summed E-state index contributed by atoms with van der Waals surface area (Å²) in [7, 11) is 3.57. The van der Waals surface area contributed by atoms with Crippen molar-refractivity contribution in [3.05, 3.63) is 18.4 Å². The maximum Gasteiger partial charge on any atom is 0.223 e. The lowest BCUT2D eigenvalue weighted by Crippen LogP contribution is -2.35. The number of carbonyl (C=O) groups is 1. The normalized spacial score (nSPS) is 26.4. The fourth-order valence-corrected chi connectivity index (χ4v) is 2.82. The summed E-state index contributed by atoms with van der Waals surface area (Å²) in [5.74, 6) is 0.732. The number of ether oxygens (including phenoxy) is 1. The number of carbonyl (C=O) groups excluding carboxylic acids is 1. The number of aromatic nitrogens is 1. The molecule has 1 aromatic rings. The fraction of sp³-hybridized carbons (Fsp3) is 0.733. The second kappa shape index (κ2) is 6.39. The Kier molecular flexibility index (Phi) is 4.81. The van der Waals surface area contributed by atoms with Crippen molar-refractivity contribution >= 4 is 5.91 Å². The predicted octanol–water partition coefficient (Wildman–Crippen LogP) is 2.62. The van der Waals surface area contributed by atoms with Crippen LogP contribution in [0.4, 0.5) is 0 Å². The molecular weight excluding hydrogens is 256 g/mol. The molecule has 1 fully saturated rings. The van der Waals surface area contributed by atoms with Gasteiger partial charge in [-0.05, 0) is 31.1 Å². The zero-order chi connectivity index (χ0) is 14.6. The van der Waals surface area contributed by atoms with Crippen molar-refractivity contribution in [3.63, 3.8) is 0 Å². The molecule has 1 aromatic heterocycles. The fourth-order valence-electron chi connectivity index (χ4n) is 2.82. The standard InChI is InChI=1S/C15H24N2O3/c1-15(6-4-12(19-3)5-7-15)10-14(18)17(2)11-13-16-8-9-20-13/h8-9,12H,4-7,10-11H2,1-3H3. The van der Waals surface area contributed by atoms with Crippen molar-refractivity contribution in [2.75, 3.05) is 14.2 Å². The summed E-state index contributed by atoms with van der Waals surface area (Å²) >= 11 is 0. The van der Waals surface area contributed by atoms with E-state index in [-0.39, 0.29) is 11.3 Å². The highest BCUT2D eigenvalue weighted by atomic mass is 16.5. The first-order valence-electron chi connectivity index (χ1n) is 7.17. The van der Waals surface area contributed by atoms with Gasteiger partial charge in [-0.2, -0.15) is 0 Å². The van der Waals surface area contributed by atoms with E-state index in [1.165, 1.54) is 6.26 Å². The van der Waals surface area contributed by atoms with Crippen LogP contribution < -0.4 is 0 Å². The largest absolute Gasteiger partial charge is 0.447 e. The van der Waals surface area contributed by atoms with Gasteiger partial charge in [0.15, 0.2) is 0 Å². The summed E-state index contributed by atoms with van der Waals surface area (Å²) in [5.41, 5.74) is 0.0942. The molecule has 20 heavy (non-hydrogen) atoms. The van der Waals surface area contributed by atoms with Crippen LogP contribution in [0.3, 0.4) is 0 Å². The molecule has 2 rings (SSSR count). The van der Waals surface area contributed by atoms with Crippen LogP contribution in [0, 0.1) is 5.41 Å². The minimum Gasteiger partial charge on any atom is -0.447 e. The lowest BCUT2D eigenvalue weighted by atomic mass is 9.72. The lowest BCUT2D eigenvalue weighted by molar-refractivity contribution is -0.134. The van der Waals surface area contributed by atoms with E-state index in [0.29, 0.717) is 25.0 Å². The van der Waals surface area contributed by atoms with Gasteiger partial charge >= 0.3 is 0 Å². The van der Waals surface area contributed by atoms with Crippen molar-refractivity contribution in [2.24, 2.45) is 5.41 Å². The highest BCUT2D eigenvalue weighted by Crippen LogP contribution is 2.40. The summed E-state index contributed by atoms with van der Waals surface area (Å²) in [6, 6.07) is 0. The number of hydrogen-bond acceptors (Lipinski definition) is 4. The summed E-state index contributed by atoms with van der Waals surface area (Å²) in [6.45, 7) is 2.64. The van der Waals surface area contributed by atoms with Crippen LogP contribution in [0.5, 0.6) is 0 Å². The Morgan fingerprint density at radius 1 is 1.55 bits per heavy atom. The maximum absolute atomic E-state index is 12.3. The van der Waals surface area contributed by atoms with Gasteiger partial charge in [0.2, 0.25) is 11.8 Å². The molecule has 1 heterocycles. The number of rotatable bonds is 5. The third kappa shape index (κ3) is 3.82. The van der Waals surface area contributed by atoms with E-state index in [1.807, 2.05) is 0 Å². The number of methoxy groups -OCH3 is 1. The van der Waals surface area contributed by atoms with Crippen LogP contribution in [-0.2, 0) is 16.1 Å². The quantitative estimate of drug-likeness (QED) is 0.832. The molecule has 0 aliphatic heterocycles. The van der Waals surface area contributed by atoms with Crippen LogP contribution >= 0.6 is 0 Å². The second-order valence-corrected chi connectivity index (χ2v) is 6.10. The molecule has 1 aliphatic carbocycles. The Morgan fingerprint density at radius 2 is 2.25 bits per heavy atom. The first-order valence-corrected chi connectivity index (χ1v) is 7.17. The van der Waals surface area contributed by atoms with Gasteiger partial charge in [-0.25, -0.2) is 4.98 Å². The Morgan fingerprint density at radius 3 is 2.80 bits per heavy atom. The van der Waals surface area contributed by atoms with Crippen molar-refractivity contribution in [1.82, 2.24) is 9.88 Å². The Hall–Kier alpha value is -1.36. The molecule has 112 valence electrons. The molecule has 5 nitrogen and oxygen atoms in total. The Labute approximate surface area is 120 Å². The van der Waals surface area contributed by atoms with Gasteiger partial charge in [-0.15, -0.1) is 0 Å². The molecule has 1 saturated carbocycles. The van der Waals surface area contributed by atoms with Gasteiger partial charge in [-0.3, -0.25) is 4.79 Å². The van der Waals surface area contributed by atoms with Crippen LogP contribution in [0.1, 0.15) is 44.9 Å². The van der Waals surface area contributed by atoms with Gasteiger partial charge in [0.05, 0.1) is 18.8 Å². The molecule has 0 bridgehead atoms. The van der Waals surface area contributed by atoms with Gasteiger partial charge in [0, 0.05) is 20.6 Å². The highest BCUT2D eigenvalue weighted by molar-refractivity contribution is 5.76. The van der Waals surface area contributed by atoms with Crippen LogP contribution in [0.15, 0.2) is 16.9 Å². The molecule has 0 aromatic carbocycles. The second-order valence-electron chi connectivity index (χ2n) is 6.10. The average molecular weight is 280 g/mol. The SMILES string of the molecule is COC1CCC(C)(CC(=O)N(C)Cc2ncco2)CC1. The van der Waals surface area contributed by atoms with Gasteiger partial charge < -0.3 is 14.1 Å². The first-order chi connectivity index (χ1) is 9.52. The topological polar surface area (TPSA) is 55.6 Å². The molecule has 5 heteroatoms. The van der Waals surface area contributed by atoms with Gasteiger partial charge in [0.25, 0.3) is 0 Å². The van der Waals surface area contributed by atoms with Gasteiger partial charge in [0.1, 0.15) is 6.26 Å². The van der Waals surface area contributed by atoms with Crippen molar-refractivity contribution in [2.45, 2.75) is 51.7 Å². The number of hydrogen-bond donors (Lipinski definition) is 0. The van der Waals surface area contributed by atoms with Crippen molar-refractivity contribution < 1.29 is 13.9 Å². The van der Waals surface area contributed by atoms with Crippen LogP contribution in [0.2, 0.25) is 0 Å². The third-order valence-electron chi connectivity index (χ3n) is 4.33. The van der Waals surface area contributed by atoms with E-state index in [0.717, 1.165) is 25.7 Å². The third-order valence-corrected chi connectivity index (χ3v) is 4.33. The molecule has 0 atom stereocenters. The molecule has 0 N–H and O–H groups in total. The molecule has 0 saturated heterocycles. The van der Waals surface area contributed by atoms with E-state index in [9.17, 15) is 4.79 Å². The predicted molar refractivity (Wildman–Crippen MR) is 75.0 cm³/mol. The Bertz CT molecular complexity index is 422. The van der Waals surface area contributed by atoms with Crippen molar-refractivity contribution in [3.8, 4) is 0 Å². The lowest BCUT2D eigenvalue weighted by Gasteiger charge is -2.37. The zero-order valence-corrected chi connectivity index (χ0v) is 12.6. The maximum atomic E-state index is 12.3. The van der Waals surface area contributed by atoms with Gasteiger partial charge in [-0.1, -0.05) is 6.92 Å². The zero-order valence-electron chi connectivity index (χ0n) is 12.6. The van der Waals surface area contributed by atoms with E-state index in [2.05, 4.69) is 11.9 Å². The minimum atomic E-state index is 0.0942. The number of amides is 1. The molecular formula is C15H24N2O3. The molecule has 0 spiro atoms. The van der Waals surface area contributed by atoms with E-state index < -0.39 is 0 Å². The van der Waals surface area contributed by atoms with Crippen LogP contribution in [0.25, 0.3) is 0 Å². The molecule has 1 aliphatic rings.